The second kappa shape index (κ2) is 6.73. The molecule has 1 aromatic carbocycles. The first-order valence-electron chi connectivity index (χ1n) is 8.04. The number of aromatic amines is 1. The standard InChI is InChI=1S/C19H22ClN3/c1-12-6-9-16(22-11-12)19-14(5-3-4-10-21)17-15(20)8-7-13(2)18(17)23-19/h6-9,11,23H,3-5,10,21H2,1-2H3. The number of pyridine rings is 1. The van der Waals surface area contributed by atoms with Crippen molar-refractivity contribution in [3.8, 4) is 11.4 Å². The Morgan fingerprint density at radius 3 is 2.65 bits per heavy atom. The van der Waals surface area contributed by atoms with Gasteiger partial charge in [-0.15, -0.1) is 0 Å². The largest absolute Gasteiger partial charge is 0.353 e. The molecule has 4 heteroatoms. The number of halogens is 1. The fourth-order valence-corrected chi connectivity index (χ4v) is 3.26. The van der Waals surface area contributed by atoms with E-state index in [2.05, 4.69) is 35.1 Å². The third-order valence-corrected chi connectivity index (χ3v) is 4.58. The van der Waals surface area contributed by atoms with Crippen molar-refractivity contribution in [2.24, 2.45) is 5.73 Å². The predicted octanol–water partition coefficient (Wildman–Crippen LogP) is 4.78. The van der Waals surface area contributed by atoms with E-state index in [4.69, 9.17) is 17.3 Å². The number of nitrogens with two attached hydrogens (primary N) is 1. The minimum atomic E-state index is 0.716. The highest BCUT2D eigenvalue weighted by molar-refractivity contribution is 6.36. The number of rotatable bonds is 5. The van der Waals surface area contributed by atoms with Crippen LogP contribution in [0.4, 0.5) is 0 Å². The van der Waals surface area contributed by atoms with Crippen molar-refractivity contribution in [1.82, 2.24) is 9.97 Å². The summed E-state index contributed by atoms with van der Waals surface area (Å²) in [6.45, 7) is 4.86. The average molecular weight is 328 g/mol. The van der Waals surface area contributed by atoms with Gasteiger partial charge in [0.05, 0.1) is 21.9 Å². The van der Waals surface area contributed by atoms with Gasteiger partial charge in [0.1, 0.15) is 0 Å². The van der Waals surface area contributed by atoms with Crippen LogP contribution in [0.2, 0.25) is 5.02 Å². The Balaban J connectivity index is 2.19. The summed E-state index contributed by atoms with van der Waals surface area (Å²) in [4.78, 5) is 8.15. The topological polar surface area (TPSA) is 54.7 Å². The summed E-state index contributed by atoms with van der Waals surface area (Å²) in [5.41, 5.74) is 12.4. The lowest BCUT2D eigenvalue weighted by Crippen LogP contribution is -1.99. The van der Waals surface area contributed by atoms with E-state index in [0.29, 0.717) is 6.54 Å². The molecule has 0 atom stereocenters. The highest BCUT2D eigenvalue weighted by atomic mass is 35.5. The predicted molar refractivity (Wildman–Crippen MR) is 98.0 cm³/mol. The molecule has 0 aliphatic heterocycles. The Hall–Kier alpha value is -1.84. The minimum absolute atomic E-state index is 0.716. The molecule has 120 valence electrons. The smallest absolute Gasteiger partial charge is 0.0867 e. The molecule has 0 saturated heterocycles. The van der Waals surface area contributed by atoms with Crippen LogP contribution in [0.5, 0.6) is 0 Å². The Labute approximate surface area is 141 Å². The normalized spacial score (nSPS) is 11.3. The number of benzene rings is 1. The van der Waals surface area contributed by atoms with Gasteiger partial charge in [0, 0.05) is 11.6 Å². The van der Waals surface area contributed by atoms with Crippen molar-refractivity contribution in [2.45, 2.75) is 33.1 Å². The van der Waals surface area contributed by atoms with E-state index in [0.717, 1.165) is 52.1 Å². The van der Waals surface area contributed by atoms with Crippen molar-refractivity contribution < 1.29 is 0 Å². The number of nitrogens with one attached hydrogen (secondary N) is 1. The lowest BCUT2D eigenvalue weighted by atomic mass is 10.0. The molecule has 3 aromatic rings. The number of hydrogen-bond donors (Lipinski definition) is 2. The van der Waals surface area contributed by atoms with Crippen LogP contribution in [0.1, 0.15) is 29.5 Å². The van der Waals surface area contributed by atoms with Crippen molar-refractivity contribution in [1.29, 1.82) is 0 Å². The van der Waals surface area contributed by atoms with Crippen LogP contribution >= 0.6 is 11.6 Å². The fourth-order valence-electron chi connectivity index (χ4n) is 2.99. The van der Waals surface area contributed by atoms with E-state index < -0.39 is 0 Å². The van der Waals surface area contributed by atoms with Crippen molar-refractivity contribution in [3.05, 3.63) is 52.2 Å². The molecule has 2 heterocycles. The zero-order valence-corrected chi connectivity index (χ0v) is 14.4. The van der Waals surface area contributed by atoms with Crippen LogP contribution in [0.3, 0.4) is 0 Å². The monoisotopic (exact) mass is 327 g/mol. The van der Waals surface area contributed by atoms with Gasteiger partial charge in [-0.2, -0.15) is 0 Å². The van der Waals surface area contributed by atoms with E-state index in [1.165, 1.54) is 11.1 Å². The highest BCUT2D eigenvalue weighted by Crippen LogP contribution is 2.36. The van der Waals surface area contributed by atoms with E-state index in [1.807, 2.05) is 19.2 Å². The molecule has 0 fully saturated rings. The van der Waals surface area contributed by atoms with Gasteiger partial charge in [-0.1, -0.05) is 23.7 Å². The second-order valence-corrected chi connectivity index (χ2v) is 6.47. The lowest BCUT2D eigenvalue weighted by Gasteiger charge is -2.06. The molecule has 0 aliphatic rings. The third-order valence-electron chi connectivity index (χ3n) is 4.26. The van der Waals surface area contributed by atoms with Gasteiger partial charge >= 0.3 is 0 Å². The second-order valence-electron chi connectivity index (χ2n) is 6.06. The van der Waals surface area contributed by atoms with Gasteiger partial charge in [-0.25, -0.2) is 0 Å². The molecular weight excluding hydrogens is 306 g/mol. The van der Waals surface area contributed by atoms with Crippen LogP contribution in [-0.2, 0) is 6.42 Å². The maximum atomic E-state index is 6.51. The van der Waals surface area contributed by atoms with Gasteiger partial charge in [0.2, 0.25) is 0 Å². The molecule has 3 rings (SSSR count). The molecule has 0 amide bonds. The molecule has 0 spiro atoms. The van der Waals surface area contributed by atoms with E-state index >= 15 is 0 Å². The first-order valence-corrected chi connectivity index (χ1v) is 8.42. The molecule has 0 saturated carbocycles. The van der Waals surface area contributed by atoms with Crippen molar-refractivity contribution in [2.75, 3.05) is 6.54 Å². The van der Waals surface area contributed by atoms with Gasteiger partial charge in [-0.05, 0) is 68.5 Å². The number of fused-ring (bicyclic) bond motifs is 1. The molecule has 0 bridgehead atoms. The highest BCUT2D eigenvalue weighted by Gasteiger charge is 2.17. The molecule has 3 nitrogen and oxygen atoms in total. The Morgan fingerprint density at radius 1 is 1.13 bits per heavy atom. The molecular formula is C19H22ClN3. The number of H-pyrrole nitrogens is 1. The fraction of sp³-hybridized carbons (Fsp3) is 0.316. The minimum Gasteiger partial charge on any atom is -0.353 e. The summed E-state index contributed by atoms with van der Waals surface area (Å²) < 4.78 is 0. The quantitative estimate of drug-likeness (QED) is 0.662. The molecule has 3 N–H and O–H groups in total. The average Bonchev–Trinajstić information content (AvgIpc) is 2.93. The van der Waals surface area contributed by atoms with Crippen LogP contribution in [0.15, 0.2) is 30.5 Å². The third kappa shape index (κ3) is 3.12. The van der Waals surface area contributed by atoms with E-state index in [-0.39, 0.29) is 0 Å². The van der Waals surface area contributed by atoms with Gasteiger partial charge in [-0.3, -0.25) is 4.98 Å². The maximum absolute atomic E-state index is 6.51. The van der Waals surface area contributed by atoms with Crippen LogP contribution < -0.4 is 5.73 Å². The lowest BCUT2D eigenvalue weighted by molar-refractivity contribution is 0.748. The number of unbranched alkanes of at least 4 members (excludes halogenated alkanes) is 1. The van der Waals surface area contributed by atoms with Gasteiger partial charge in [0.25, 0.3) is 0 Å². The zero-order chi connectivity index (χ0) is 16.4. The Kier molecular flexibility index (Phi) is 4.69. The summed E-state index contributed by atoms with van der Waals surface area (Å²) in [6.07, 6.45) is 4.91. The van der Waals surface area contributed by atoms with E-state index in [9.17, 15) is 0 Å². The van der Waals surface area contributed by atoms with Crippen LogP contribution in [-0.4, -0.2) is 16.5 Å². The molecule has 0 radical (unpaired) electrons. The summed E-state index contributed by atoms with van der Waals surface area (Å²) in [5.74, 6) is 0. The van der Waals surface area contributed by atoms with E-state index in [1.54, 1.807) is 0 Å². The summed E-state index contributed by atoms with van der Waals surface area (Å²) >= 11 is 6.51. The molecule has 23 heavy (non-hydrogen) atoms. The molecule has 0 unspecified atom stereocenters. The Bertz CT molecular complexity index is 819. The Morgan fingerprint density at radius 2 is 1.96 bits per heavy atom. The first kappa shape index (κ1) is 16.0. The van der Waals surface area contributed by atoms with Crippen LogP contribution in [0.25, 0.3) is 22.3 Å². The molecule has 2 aromatic heterocycles. The number of hydrogen-bond acceptors (Lipinski definition) is 2. The maximum Gasteiger partial charge on any atom is 0.0867 e. The van der Waals surface area contributed by atoms with Gasteiger partial charge in [0.15, 0.2) is 0 Å². The number of nitrogens with zero attached hydrogens (tertiary/aromatic N) is 1. The van der Waals surface area contributed by atoms with Gasteiger partial charge < -0.3 is 10.7 Å². The number of aryl methyl sites for hydroxylation is 3. The number of aromatic nitrogens is 2. The molecule has 0 aliphatic carbocycles. The zero-order valence-electron chi connectivity index (χ0n) is 13.6. The summed E-state index contributed by atoms with van der Waals surface area (Å²) in [7, 11) is 0. The van der Waals surface area contributed by atoms with Crippen molar-refractivity contribution >= 4 is 22.5 Å². The van der Waals surface area contributed by atoms with Crippen LogP contribution in [0, 0.1) is 13.8 Å². The SMILES string of the molecule is Cc1ccc(-c2[nH]c3c(C)ccc(Cl)c3c2CCCCN)nc1. The summed E-state index contributed by atoms with van der Waals surface area (Å²) in [5, 5.41) is 1.92. The summed E-state index contributed by atoms with van der Waals surface area (Å²) in [6, 6.07) is 8.19. The van der Waals surface area contributed by atoms with Crippen molar-refractivity contribution in [3.63, 3.8) is 0 Å². The first-order chi connectivity index (χ1) is 11.1.